The van der Waals surface area contributed by atoms with Crippen molar-refractivity contribution in [3.63, 3.8) is 0 Å². The van der Waals surface area contributed by atoms with Gasteiger partial charge in [0.05, 0.1) is 6.61 Å². The molecule has 1 aromatic carbocycles. The molecule has 0 saturated heterocycles. The zero-order chi connectivity index (χ0) is 12.0. The first-order chi connectivity index (χ1) is 7.69. The summed E-state index contributed by atoms with van der Waals surface area (Å²) in [5, 5.41) is 13.0. The Bertz CT molecular complexity index is 331. The van der Waals surface area contributed by atoms with Crippen LogP contribution in [0.15, 0.2) is 18.2 Å². The second-order valence-corrected chi connectivity index (χ2v) is 4.13. The first-order valence-corrected chi connectivity index (χ1v) is 5.88. The third-order valence-electron chi connectivity index (χ3n) is 2.46. The average Bonchev–Trinajstić information content (AvgIpc) is 2.27. The smallest absolute Gasteiger partial charge is 0.0606 e. The van der Waals surface area contributed by atoms with Crippen molar-refractivity contribution in [1.82, 2.24) is 5.32 Å². The Labute approximate surface area is 102 Å². The van der Waals surface area contributed by atoms with Crippen LogP contribution in [0.25, 0.3) is 0 Å². The third kappa shape index (κ3) is 3.67. The zero-order valence-electron chi connectivity index (χ0n) is 9.83. The number of aliphatic hydroxyl groups is 1. The summed E-state index contributed by atoms with van der Waals surface area (Å²) in [6, 6.07) is 5.85. The summed E-state index contributed by atoms with van der Waals surface area (Å²) in [6.07, 6.45) is 0. The first kappa shape index (κ1) is 13.3. The minimum atomic E-state index is 0.143. The minimum Gasteiger partial charge on any atom is -0.395 e. The van der Waals surface area contributed by atoms with Gasteiger partial charge in [0, 0.05) is 30.8 Å². The van der Waals surface area contributed by atoms with Gasteiger partial charge in [-0.2, -0.15) is 0 Å². The summed E-state index contributed by atoms with van der Waals surface area (Å²) in [4.78, 5) is 2.01. The Kier molecular flexibility index (Phi) is 5.60. The van der Waals surface area contributed by atoms with Crippen molar-refractivity contribution >= 4 is 17.3 Å². The van der Waals surface area contributed by atoms with Crippen LogP contribution in [0.5, 0.6) is 0 Å². The number of hydrogen-bond donors (Lipinski definition) is 2. The molecule has 0 bridgehead atoms. The molecule has 0 aliphatic heterocycles. The maximum absolute atomic E-state index is 8.94. The highest BCUT2D eigenvalue weighted by molar-refractivity contribution is 6.30. The average molecular weight is 243 g/mol. The number of rotatable bonds is 6. The fourth-order valence-electron chi connectivity index (χ4n) is 1.57. The lowest BCUT2D eigenvalue weighted by atomic mass is 10.1. The molecule has 16 heavy (non-hydrogen) atoms. The summed E-state index contributed by atoms with van der Waals surface area (Å²) >= 11 is 5.99. The summed E-state index contributed by atoms with van der Waals surface area (Å²) < 4.78 is 0. The molecule has 0 atom stereocenters. The van der Waals surface area contributed by atoms with Crippen LogP contribution in [0, 0.1) is 0 Å². The van der Waals surface area contributed by atoms with Crippen LogP contribution >= 0.6 is 11.6 Å². The van der Waals surface area contributed by atoms with E-state index in [1.54, 1.807) is 0 Å². The number of hydrogen-bond acceptors (Lipinski definition) is 3. The van der Waals surface area contributed by atoms with Gasteiger partial charge in [-0.15, -0.1) is 0 Å². The van der Waals surface area contributed by atoms with E-state index in [2.05, 4.69) is 12.2 Å². The van der Waals surface area contributed by atoms with Crippen LogP contribution in [0.1, 0.15) is 12.5 Å². The fraction of sp³-hybridized carbons (Fsp3) is 0.500. The van der Waals surface area contributed by atoms with Crippen LogP contribution in [0.4, 0.5) is 5.69 Å². The monoisotopic (exact) mass is 242 g/mol. The Morgan fingerprint density at radius 3 is 2.81 bits per heavy atom. The lowest BCUT2D eigenvalue weighted by Gasteiger charge is -2.22. The van der Waals surface area contributed by atoms with Gasteiger partial charge in [-0.25, -0.2) is 0 Å². The molecule has 0 aliphatic carbocycles. The number of benzene rings is 1. The minimum absolute atomic E-state index is 0.143. The maximum atomic E-state index is 8.94. The van der Waals surface area contributed by atoms with Crippen molar-refractivity contribution in [3.05, 3.63) is 28.8 Å². The van der Waals surface area contributed by atoms with Crippen molar-refractivity contribution < 1.29 is 5.11 Å². The molecule has 0 saturated carbocycles. The van der Waals surface area contributed by atoms with Gasteiger partial charge in [0.15, 0.2) is 0 Å². The van der Waals surface area contributed by atoms with Crippen molar-refractivity contribution in [1.29, 1.82) is 0 Å². The van der Waals surface area contributed by atoms with Crippen molar-refractivity contribution in [2.24, 2.45) is 0 Å². The summed E-state index contributed by atoms with van der Waals surface area (Å²) in [7, 11) is 1.96. The number of halogens is 1. The molecule has 0 heterocycles. The molecule has 0 aromatic heterocycles. The molecule has 0 aliphatic rings. The van der Waals surface area contributed by atoms with E-state index < -0.39 is 0 Å². The summed E-state index contributed by atoms with van der Waals surface area (Å²) in [5.74, 6) is 0. The van der Waals surface area contributed by atoms with E-state index in [9.17, 15) is 0 Å². The van der Waals surface area contributed by atoms with E-state index in [1.807, 2.05) is 30.1 Å². The fourth-order valence-corrected chi connectivity index (χ4v) is 1.74. The molecule has 0 radical (unpaired) electrons. The van der Waals surface area contributed by atoms with E-state index in [4.69, 9.17) is 16.7 Å². The Hall–Kier alpha value is -0.770. The van der Waals surface area contributed by atoms with E-state index in [0.29, 0.717) is 6.54 Å². The van der Waals surface area contributed by atoms with Gasteiger partial charge in [0.25, 0.3) is 0 Å². The second-order valence-electron chi connectivity index (χ2n) is 3.70. The maximum Gasteiger partial charge on any atom is 0.0606 e. The van der Waals surface area contributed by atoms with Gasteiger partial charge >= 0.3 is 0 Å². The van der Waals surface area contributed by atoms with Crippen LogP contribution in [0.3, 0.4) is 0 Å². The molecule has 1 rings (SSSR count). The molecule has 1 aromatic rings. The zero-order valence-corrected chi connectivity index (χ0v) is 10.6. The van der Waals surface area contributed by atoms with E-state index in [1.165, 1.54) is 5.56 Å². The number of nitrogens with one attached hydrogen (secondary N) is 1. The van der Waals surface area contributed by atoms with E-state index in [-0.39, 0.29) is 6.61 Å². The summed E-state index contributed by atoms with van der Waals surface area (Å²) in [5.41, 5.74) is 2.27. The van der Waals surface area contributed by atoms with Gasteiger partial charge in [0.1, 0.15) is 0 Å². The van der Waals surface area contributed by atoms with Crippen molar-refractivity contribution in [2.45, 2.75) is 13.5 Å². The Morgan fingerprint density at radius 1 is 1.44 bits per heavy atom. The van der Waals surface area contributed by atoms with Crippen LogP contribution in [-0.4, -0.2) is 31.9 Å². The number of aliphatic hydroxyl groups excluding tert-OH is 1. The van der Waals surface area contributed by atoms with Gasteiger partial charge in [-0.3, -0.25) is 0 Å². The normalized spacial score (nSPS) is 10.5. The largest absolute Gasteiger partial charge is 0.395 e. The molecule has 0 spiro atoms. The predicted molar refractivity (Wildman–Crippen MR) is 69.2 cm³/mol. The third-order valence-corrected chi connectivity index (χ3v) is 2.69. The highest BCUT2D eigenvalue weighted by atomic mass is 35.5. The standard InChI is InChI=1S/C12H19ClN2O/c1-3-14-9-10-4-5-11(13)8-12(10)15(2)6-7-16/h4-5,8,14,16H,3,6-7,9H2,1-2H3. The van der Waals surface area contributed by atoms with E-state index >= 15 is 0 Å². The molecule has 4 heteroatoms. The van der Waals surface area contributed by atoms with Crippen LogP contribution in [-0.2, 0) is 6.54 Å². The van der Waals surface area contributed by atoms with Crippen molar-refractivity contribution in [2.75, 3.05) is 31.6 Å². The second kappa shape index (κ2) is 6.74. The van der Waals surface area contributed by atoms with Crippen LogP contribution in [0.2, 0.25) is 5.02 Å². The number of anilines is 1. The lowest BCUT2D eigenvalue weighted by molar-refractivity contribution is 0.304. The van der Waals surface area contributed by atoms with Gasteiger partial charge in [-0.1, -0.05) is 24.6 Å². The van der Waals surface area contributed by atoms with Gasteiger partial charge in [0.2, 0.25) is 0 Å². The lowest BCUT2D eigenvalue weighted by Crippen LogP contribution is -2.24. The van der Waals surface area contributed by atoms with Crippen LogP contribution < -0.4 is 10.2 Å². The Morgan fingerprint density at radius 2 is 2.19 bits per heavy atom. The molecule has 0 fully saturated rings. The SMILES string of the molecule is CCNCc1ccc(Cl)cc1N(C)CCO. The quantitative estimate of drug-likeness (QED) is 0.800. The molecule has 90 valence electrons. The molecular formula is C12H19ClN2O. The molecular weight excluding hydrogens is 224 g/mol. The molecule has 0 unspecified atom stereocenters. The summed E-state index contributed by atoms with van der Waals surface area (Å²) in [6.45, 7) is 4.58. The van der Waals surface area contributed by atoms with Gasteiger partial charge < -0.3 is 15.3 Å². The molecule has 0 amide bonds. The predicted octanol–water partition coefficient (Wildman–Crippen LogP) is 1.88. The molecule has 2 N–H and O–H groups in total. The van der Waals surface area contributed by atoms with E-state index in [0.717, 1.165) is 23.8 Å². The highest BCUT2D eigenvalue weighted by Crippen LogP contribution is 2.23. The van der Waals surface area contributed by atoms with Crippen molar-refractivity contribution in [3.8, 4) is 0 Å². The number of likely N-dealkylation sites (N-methyl/N-ethyl adjacent to an activating group) is 1. The number of nitrogens with zero attached hydrogens (tertiary/aromatic N) is 1. The molecule has 3 nitrogen and oxygen atoms in total. The first-order valence-electron chi connectivity index (χ1n) is 5.50. The topological polar surface area (TPSA) is 35.5 Å². The Balaban J connectivity index is 2.88. The highest BCUT2D eigenvalue weighted by Gasteiger charge is 2.07. The van der Waals surface area contributed by atoms with Gasteiger partial charge in [-0.05, 0) is 24.2 Å².